The van der Waals surface area contributed by atoms with Gasteiger partial charge in [-0.25, -0.2) is 4.68 Å². The zero-order valence-electron chi connectivity index (χ0n) is 17.0. The van der Waals surface area contributed by atoms with Crippen molar-refractivity contribution in [3.8, 4) is 0 Å². The van der Waals surface area contributed by atoms with Gasteiger partial charge in [-0.1, -0.05) is 32.0 Å². The number of rotatable bonds is 6. The zero-order chi connectivity index (χ0) is 20.2. The third-order valence-corrected chi connectivity index (χ3v) is 5.49. The first-order valence-electron chi connectivity index (χ1n) is 10.3. The van der Waals surface area contributed by atoms with E-state index in [-0.39, 0.29) is 5.91 Å². The highest BCUT2D eigenvalue weighted by Crippen LogP contribution is 2.26. The summed E-state index contributed by atoms with van der Waals surface area (Å²) in [6.45, 7) is 7.19. The maximum atomic E-state index is 12.5. The van der Waals surface area contributed by atoms with Crippen molar-refractivity contribution in [1.82, 2.24) is 24.9 Å². The number of hydrogen-bond donors (Lipinski definition) is 2. The van der Waals surface area contributed by atoms with Crippen molar-refractivity contribution in [3.05, 3.63) is 65.6 Å². The van der Waals surface area contributed by atoms with Gasteiger partial charge in [0.2, 0.25) is 0 Å². The van der Waals surface area contributed by atoms with Crippen LogP contribution in [-0.2, 0) is 6.54 Å². The van der Waals surface area contributed by atoms with E-state index in [9.17, 15) is 4.79 Å². The number of aromatic amines is 1. The molecule has 1 saturated heterocycles. The molecular formula is C22H28N6O. The van der Waals surface area contributed by atoms with Crippen LogP contribution in [0, 0.1) is 0 Å². The molecule has 0 aliphatic carbocycles. The van der Waals surface area contributed by atoms with Crippen LogP contribution in [0.1, 0.15) is 60.4 Å². The Morgan fingerprint density at radius 2 is 1.97 bits per heavy atom. The number of carbonyl (C=O) groups excluding carboxylic acids is 1. The Balaban J connectivity index is 1.34. The number of aromatic nitrogens is 4. The molecule has 0 atom stereocenters. The first-order chi connectivity index (χ1) is 14.1. The van der Waals surface area contributed by atoms with Crippen LogP contribution in [-0.4, -0.2) is 43.9 Å². The molecule has 1 aliphatic heterocycles. The minimum atomic E-state index is -0.106. The Morgan fingerprint density at radius 1 is 1.21 bits per heavy atom. The molecule has 0 spiro atoms. The van der Waals surface area contributed by atoms with E-state index >= 15 is 0 Å². The molecule has 3 aromatic rings. The summed E-state index contributed by atoms with van der Waals surface area (Å²) in [4.78, 5) is 14.9. The number of anilines is 1. The predicted molar refractivity (Wildman–Crippen MR) is 113 cm³/mol. The Labute approximate surface area is 171 Å². The van der Waals surface area contributed by atoms with Gasteiger partial charge >= 0.3 is 0 Å². The van der Waals surface area contributed by atoms with Gasteiger partial charge in [-0.05, 0) is 37.0 Å². The molecule has 29 heavy (non-hydrogen) atoms. The second kappa shape index (κ2) is 8.61. The van der Waals surface area contributed by atoms with E-state index in [1.807, 2.05) is 41.1 Å². The number of nitrogens with zero attached hydrogens (tertiary/aromatic N) is 4. The highest BCUT2D eigenvalue weighted by molar-refractivity contribution is 6.03. The average molecular weight is 393 g/mol. The molecule has 0 saturated carbocycles. The van der Waals surface area contributed by atoms with E-state index in [0.29, 0.717) is 17.5 Å². The summed E-state index contributed by atoms with van der Waals surface area (Å²) in [6.07, 6.45) is 3.76. The minimum absolute atomic E-state index is 0.106. The van der Waals surface area contributed by atoms with Crippen molar-refractivity contribution in [1.29, 1.82) is 0 Å². The first-order valence-corrected chi connectivity index (χ1v) is 10.3. The number of carbonyl (C=O) groups is 1. The van der Waals surface area contributed by atoms with E-state index in [0.717, 1.165) is 44.0 Å². The summed E-state index contributed by atoms with van der Waals surface area (Å²) >= 11 is 0. The summed E-state index contributed by atoms with van der Waals surface area (Å²) in [7, 11) is 0. The van der Waals surface area contributed by atoms with Gasteiger partial charge in [-0.2, -0.15) is 10.2 Å². The monoisotopic (exact) mass is 392 g/mol. The summed E-state index contributed by atoms with van der Waals surface area (Å²) in [6, 6.07) is 13.6. The van der Waals surface area contributed by atoms with Gasteiger partial charge in [0.05, 0.1) is 17.9 Å². The molecule has 7 nitrogen and oxygen atoms in total. The Hall–Kier alpha value is -2.93. The van der Waals surface area contributed by atoms with Crippen LogP contribution in [0.15, 0.2) is 48.7 Å². The Bertz CT molecular complexity index is 937. The van der Waals surface area contributed by atoms with Crippen LogP contribution in [0.25, 0.3) is 0 Å². The second-order valence-electron chi connectivity index (χ2n) is 7.96. The molecule has 1 aromatic carbocycles. The molecule has 152 valence electrons. The SMILES string of the molecule is CC(C)c1cc(CN2CCC(n3nccc3NC(=O)c3ccccc3)CC2)[nH]n1. The van der Waals surface area contributed by atoms with Crippen LogP contribution >= 0.6 is 0 Å². The molecule has 1 fully saturated rings. The lowest BCUT2D eigenvalue weighted by molar-refractivity contribution is 0.102. The maximum Gasteiger partial charge on any atom is 0.256 e. The molecule has 2 aromatic heterocycles. The van der Waals surface area contributed by atoms with Gasteiger partial charge in [0, 0.05) is 37.0 Å². The molecule has 3 heterocycles. The molecule has 0 radical (unpaired) electrons. The van der Waals surface area contributed by atoms with Crippen molar-refractivity contribution in [3.63, 3.8) is 0 Å². The quantitative estimate of drug-likeness (QED) is 0.668. The van der Waals surface area contributed by atoms with Gasteiger partial charge in [-0.3, -0.25) is 14.8 Å². The Kier molecular flexibility index (Phi) is 5.76. The number of nitrogens with one attached hydrogen (secondary N) is 2. The highest BCUT2D eigenvalue weighted by atomic mass is 16.1. The van der Waals surface area contributed by atoms with Gasteiger partial charge in [0.25, 0.3) is 5.91 Å². The van der Waals surface area contributed by atoms with E-state index in [2.05, 4.69) is 45.4 Å². The molecule has 1 amide bonds. The van der Waals surface area contributed by atoms with Gasteiger partial charge in [0.1, 0.15) is 5.82 Å². The smallest absolute Gasteiger partial charge is 0.256 e. The lowest BCUT2D eigenvalue weighted by Crippen LogP contribution is -2.35. The molecule has 7 heteroatoms. The van der Waals surface area contributed by atoms with Crippen molar-refractivity contribution < 1.29 is 4.79 Å². The molecule has 1 aliphatic rings. The summed E-state index contributed by atoms with van der Waals surface area (Å²) < 4.78 is 1.96. The van der Waals surface area contributed by atoms with E-state index in [4.69, 9.17) is 0 Å². The van der Waals surface area contributed by atoms with Crippen LogP contribution in [0.5, 0.6) is 0 Å². The van der Waals surface area contributed by atoms with E-state index in [1.165, 1.54) is 5.69 Å². The summed E-state index contributed by atoms with van der Waals surface area (Å²) in [5.74, 6) is 1.09. The summed E-state index contributed by atoms with van der Waals surface area (Å²) in [5.41, 5.74) is 2.93. The molecule has 0 bridgehead atoms. The third-order valence-electron chi connectivity index (χ3n) is 5.49. The van der Waals surface area contributed by atoms with E-state index < -0.39 is 0 Å². The van der Waals surface area contributed by atoms with Crippen LogP contribution in [0.2, 0.25) is 0 Å². The summed E-state index contributed by atoms with van der Waals surface area (Å²) in [5, 5.41) is 15.0. The molecular weight excluding hydrogens is 364 g/mol. The van der Waals surface area contributed by atoms with Gasteiger partial charge in [0.15, 0.2) is 0 Å². The van der Waals surface area contributed by atoms with Crippen LogP contribution in [0.4, 0.5) is 5.82 Å². The minimum Gasteiger partial charge on any atom is -0.307 e. The fourth-order valence-corrected chi connectivity index (χ4v) is 3.80. The first kappa shape index (κ1) is 19.4. The maximum absolute atomic E-state index is 12.5. The number of hydrogen-bond acceptors (Lipinski definition) is 4. The predicted octanol–water partition coefficient (Wildman–Crippen LogP) is 3.82. The standard InChI is InChI=1S/C22H28N6O/c1-16(2)20-14-18(25-26-20)15-27-12-9-19(10-13-27)28-21(8-11-23-28)24-22(29)17-6-4-3-5-7-17/h3-8,11,14,16,19H,9-10,12-13,15H2,1-2H3,(H,24,29)(H,25,26). The number of H-pyrrole nitrogens is 1. The van der Waals surface area contributed by atoms with Crippen molar-refractivity contribution in [2.24, 2.45) is 0 Å². The van der Waals surface area contributed by atoms with Crippen molar-refractivity contribution >= 4 is 11.7 Å². The van der Waals surface area contributed by atoms with Gasteiger partial charge in [-0.15, -0.1) is 0 Å². The third kappa shape index (κ3) is 4.56. The van der Waals surface area contributed by atoms with Gasteiger partial charge < -0.3 is 5.32 Å². The molecule has 4 rings (SSSR count). The van der Waals surface area contributed by atoms with Crippen LogP contribution < -0.4 is 5.32 Å². The fraction of sp³-hybridized carbons (Fsp3) is 0.409. The number of piperidine rings is 1. The molecule has 2 N–H and O–H groups in total. The second-order valence-corrected chi connectivity index (χ2v) is 7.96. The van der Waals surface area contributed by atoms with Crippen molar-refractivity contribution in [2.75, 3.05) is 18.4 Å². The lowest BCUT2D eigenvalue weighted by Gasteiger charge is -2.32. The molecule has 0 unspecified atom stereocenters. The lowest BCUT2D eigenvalue weighted by atomic mass is 10.0. The average Bonchev–Trinajstić information content (AvgIpc) is 3.39. The largest absolute Gasteiger partial charge is 0.307 e. The zero-order valence-corrected chi connectivity index (χ0v) is 17.0. The van der Waals surface area contributed by atoms with Crippen molar-refractivity contribution in [2.45, 2.75) is 45.2 Å². The normalized spacial score (nSPS) is 15.7. The highest BCUT2D eigenvalue weighted by Gasteiger charge is 2.24. The van der Waals surface area contributed by atoms with E-state index in [1.54, 1.807) is 6.20 Å². The number of likely N-dealkylation sites (tertiary alicyclic amines) is 1. The number of benzene rings is 1. The topological polar surface area (TPSA) is 78.8 Å². The number of amides is 1. The Morgan fingerprint density at radius 3 is 2.66 bits per heavy atom. The fourth-order valence-electron chi connectivity index (χ4n) is 3.80. The van der Waals surface area contributed by atoms with Crippen LogP contribution in [0.3, 0.4) is 0 Å².